The molecule has 0 radical (unpaired) electrons. The van der Waals surface area contributed by atoms with E-state index in [2.05, 4.69) is 20.0 Å². The fraction of sp³-hybridized carbons (Fsp3) is 0. The van der Waals surface area contributed by atoms with Gasteiger partial charge in [-0.3, -0.25) is 4.72 Å². The number of fused-ring (bicyclic) bond motifs is 1. The number of para-hydroxylation sites is 2. The zero-order valence-corrected chi connectivity index (χ0v) is 18.2. The molecule has 0 bridgehead atoms. The van der Waals surface area contributed by atoms with Gasteiger partial charge in [0.2, 0.25) is 0 Å². The molecule has 1 aromatic heterocycles. The van der Waals surface area contributed by atoms with E-state index in [1.54, 1.807) is 36.4 Å². The van der Waals surface area contributed by atoms with Gasteiger partial charge in [-0.1, -0.05) is 46.9 Å². The zero-order valence-electron chi connectivity index (χ0n) is 15.1. The van der Waals surface area contributed by atoms with E-state index >= 15 is 0 Å². The fourth-order valence-corrected chi connectivity index (χ4v) is 4.27. The van der Waals surface area contributed by atoms with E-state index in [1.165, 1.54) is 24.3 Å². The van der Waals surface area contributed by atoms with Crippen LogP contribution in [0.25, 0.3) is 11.0 Å². The number of nitrogens with one attached hydrogen (secondary N) is 2. The summed E-state index contributed by atoms with van der Waals surface area (Å²) >= 11 is 18.1. The third-order valence-electron chi connectivity index (χ3n) is 4.11. The van der Waals surface area contributed by atoms with Crippen LogP contribution in [0.1, 0.15) is 0 Å². The first kappa shape index (κ1) is 20.7. The summed E-state index contributed by atoms with van der Waals surface area (Å²) < 4.78 is 28.2. The van der Waals surface area contributed by atoms with Crippen molar-refractivity contribution in [3.8, 4) is 0 Å². The van der Waals surface area contributed by atoms with Crippen molar-refractivity contribution in [2.24, 2.45) is 0 Å². The summed E-state index contributed by atoms with van der Waals surface area (Å²) in [5.41, 5.74) is 1.61. The molecule has 152 valence electrons. The van der Waals surface area contributed by atoms with Gasteiger partial charge in [-0.05, 0) is 54.6 Å². The first-order valence-corrected chi connectivity index (χ1v) is 11.2. The predicted octanol–water partition coefficient (Wildman–Crippen LogP) is 6.13. The van der Waals surface area contributed by atoms with Gasteiger partial charge in [0.1, 0.15) is 0 Å². The lowest BCUT2D eigenvalue weighted by Crippen LogP contribution is -2.16. The highest BCUT2D eigenvalue weighted by molar-refractivity contribution is 7.92. The predicted molar refractivity (Wildman–Crippen MR) is 122 cm³/mol. The molecule has 0 aliphatic heterocycles. The number of hydrogen-bond donors (Lipinski definition) is 2. The minimum Gasteiger partial charge on any atom is -0.336 e. The zero-order chi connectivity index (χ0) is 21.3. The van der Waals surface area contributed by atoms with Gasteiger partial charge in [0.15, 0.2) is 11.6 Å². The van der Waals surface area contributed by atoms with Crippen LogP contribution in [0.5, 0.6) is 0 Å². The molecule has 0 amide bonds. The molecule has 4 aromatic rings. The van der Waals surface area contributed by atoms with Gasteiger partial charge in [-0.25, -0.2) is 18.4 Å². The van der Waals surface area contributed by atoms with Crippen LogP contribution in [0, 0.1) is 0 Å². The van der Waals surface area contributed by atoms with Crippen LogP contribution < -0.4 is 10.0 Å². The lowest BCUT2D eigenvalue weighted by Gasteiger charge is -2.14. The highest BCUT2D eigenvalue weighted by Crippen LogP contribution is 2.32. The molecule has 0 unspecified atom stereocenters. The largest absolute Gasteiger partial charge is 0.336 e. The number of rotatable bonds is 5. The smallest absolute Gasteiger partial charge is 0.263 e. The first-order valence-electron chi connectivity index (χ1n) is 8.59. The Hall–Kier alpha value is -2.58. The molecule has 3 aromatic carbocycles. The molecule has 4 rings (SSSR count). The van der Waals surface area contributed by atoms with Gasteiger partial charge in [0.05, 0.1) is 26.6 Å². The summed E-state index contributed by atoms with van der Waals surface area (Å²) in [5.74, 6) is 0.213. The molecular weight excluding hydrogens is 467 g/mol. The van der Waals surface area contributed by atoms with Crippen molar-refractivity contribution in [2.75, 3.05) is 10.0 Å². The van der Waals surface area contributed by atoms with Crippen LogP contribution in [0.2, 0.25) is 15.1 Å². The molecule has 0 aliphatic carbocycles. The summed E-state index contributed by atoms with van der Waals surface area (Å²) in [7, 11) is -3.94. The van der Waals surface area contributed by atoms with Crippen LogP contribution in [0.3, 0.4) is 0 Å². The second-order valence-corrected chi connectivity index (χ2v) is 9.18. The normalized spacial score (nSPS) is 11.4. The van der Waals surface area contributed by atoms with E-state index < -0.39 is 10.0 Å². The maximum absolute atomic E-state index is 12.9. The summed E-state index contributed by atoms with van der Waals surface area (Å²) in [4.78, 5) is 8.99. The van der Waals surface area contributed by atoms with Crippen LogP contribution in [0.4, 0.5) is 17.3 Å². The van der Waals surface area contributed by atoms with Gasteiger partial charge < -0.3 is 5.32 Å². The maximum atomic E-state index is 12.9. The fourth-order valence-electron chi connectivity index (χ4n) is 2.68. The number of benzene rings is 3. The van der Waals surface area contributed by atoms with E-state index in [9.17, 15) is 8.42 Å². The SMILES string of the molecule is O=S(=O)(Nc1nc2ccccc2nc1Nc1ccc(Cl)cc1Cl)c1ccc(Cl)cc1. The number of anilines is 3. The van der Waals surface area contributed by atoms with Crippen LogP contribution in [-0.4, -0.2) is 18.4 Å². The van der Waals surface area contributed by atoms with E-state index in [0.717, 1.165) is 0 Å². The average Bonchev–Trinajstić information content (AvgIpc) is 2.70. The second-order valence-electron chi connectivity index (χ2n) is 6.22. The summed E-state index contributed by atoms with van der Waals surface area (Å²) in [6.45, 7) is 0. The Morgan fingerprint density at radius 3 is 1.97 bits per heavy atom. The number of halogens is 3. The van der Waals surface area contributed by atoms with Crippen LogP contribution in [0.15, 0.2) is 71.6 Å². The molecular formula is C20H13Cl3N4O2S. The highest BCUT2D eigenvalue weighted by atomic mass is 35.5. The lowest BCUT2D eigenvalue weighted by molar-refractivity contribution is 0.601. The van der Waals surface area contributed by atoms with Gasteiger partial charge in [0.25, 0.3) is 10.0 Å². The molecule has 30 heavy (non-hydrogen) atoms. The minimum absolute atomic E-state index is 0.0228. The molecule has 0 aliphatic rings. The molecule has 10 heteroatoms. The third kappa shape index (κ3) is 4.44. The van der Waals surface area contributed by atoms with Crippen LogP contribution in [-0.2, 0) is 10.0 Å². The standard InChI is InChI=1S/C20H13Cl3N4O2S/c21-12-5-8-14(9-6-12)30(28,29)27-20-19(24-16-10-7-13(22)11-15(16)23)25-17-3-1-2-4-18(17)26-20/h1-11H,(H,24,25)(H,26,27). The van der Waals surface area contributed by atoms with E-state index in [-0.39, 0.29) is 16.5 Å². The minimum atomic E-state index is -3.94. The Balaban J connectivity index is 1.79. The summed E-state index contributed by atoms with van der Waals surface area (Å²) in [5, 5.41) is 4.28. The average molecular weight is 480 g/mol. The van der Waals surface area contributed by atoms with Crippen LogP contribution >= 0.6 is 34.8 Å². The molecule has 2 N–H and O–H groups in total. The van der Waals surface area contributed by atoms with Crippen molar-refractivity contribution in [2.45, 2.75) is 4.90 Å². The van der Waals surface area contributed by atoms with Crippen molar-refractivity contribution in [3.63, 3.8) is 0 Å². The molecule has 1 heterocycles. The molecule has 6 nitrogen and oxygen atoms in total. The Kier molecular flexibility index (Phi) is 5.71. The molecule has 0 spiro atoms. The van der Waals surface area contributed by atoms with Gasteiger partial charge in [0, 0.05) is 10.0 Å². The quantitative estimate of drug-likeness (QED) is 0.359. The third-order valence-corrected chi connectivity index (χ3v) is 6.26. The van der Waals surface area contributed by atoms with Crippen molar-refractivity contribution < 1.29 is 8.42 Å². The second kappa shape index (κ2) is 8.28. The van der Waals surface area contributed by atoms with Crippen molar-refractivity contribution in [1.29, 1.82) is 0 Å². The maximum Gasteiger partial charge on any atom is 0.263 e. The van der Waals surface area contributed by atoms with Crippen molar-refractivity contribution >= 4 is 73.2 Å². The van der Waals surface area contributed by atoms with E-state index in [4.69, 9.17) is 34.8 Å². The summed E-state index contributed by atoms with van der Waals surface area (Å²) in [6, 6.07) is 17.8. The molecule has 0 fully saturated rings. The molecule has 0 saturated heterocycles. The van der Waals surface area contributed by atoms with Crippen molar-refractivity contribution in [3.05, 3.63) is 81.8 Å². The van der Waals surface area contributed by atoms with Gasteiger partial charge >= 0.3 is 0 Å². The Morgan fingerprint density at radius 2 is 1.33 bits per heavy atom. The molecule has 0 atom stereocenters. The summed E-state index contributed by atoms with van der Waals surface area (Å²) in [6.07, 6.45) is 0. The number of sulfonamides is 1. The lowest BCUT2D eigenvalue weighted by atomic mass is 10.3. The Bertz CT molecular complexity index is 1350. The van der Waals surface area contributed by atoms with E-state index in [0.29, 0.717) is 31.8 Å². The van der Waals surface area contributed by atoms with E-state index in [1.807, 2.05) is 6.07 Å². The highest BCUT2D eigenvalue weighted by Gasteiger charge is 2.19. The topological polar surface area (TPSA) is 84.0 Å². The monoisotopic (exact) mass is 478 g/mol. The number of hydrogen-bond acceptors (Lipinski definition) is 5. The first-order chi connectivity index (χ1) is 14.3. The number of nitrogens with zero attached hydrogens (tertiary/aromatic N) is 2. The van der Waals surface area contributed by atoms with Crippen molar-refractivity contribution in [1.82, 2.24) is 9.97 Å². The van der Waals surface area contributed by atoms with Gasteiger partial charge in [-0.2, -0.15) is 0 Å². The molecule has 0 saturated carbocycles. The Morgan fingerprint density at radius 1 is 0.733 bits per heavy atom. The Labute approximate surface area is 187 Å². The van der Waals surface area contributed by atoms with Gasteiger partial charge in [-0.15, -0.1) is 0 Å². The number of aromatic nitrogens is 2.